The molecule has 82 valence electrons. The van der Waals surface area contributed by atoms with Crippen molar-refractivity contribution in [1.82, 2.24) is 0 Å². The van der Waals surface area contributed by atoms with Gasteiger partial charge in [0.05, 0.1) is 5.69 Å². The summed E-state index contributed by atoms with van der Waals surface area (Å²) in [5, 5.41) is 2.93. The molecule has 0 saturated carbocycles. The fourth-order valence-electron chi connectivity index (χ4n) is 1.22. The first-order valence-electron chi connectivity index (χ1n) is 5.17. The maximum Gasteiger partial charge on any atom is 0.224 e. The minimum Gasteiger partial charge on any atom is -0.325 e. The maximum atomic E-state index is 11.6. The van der Waals surface area contributed by atoms with Gasteiger partial charge in [-0.2, -0.15) is 0 Å². The van der Waals surface area contributed by atoms with Crippen LogP contribution in [-0.2, 0) is 4.79 Å². The van der Waals surface area contributed by atoms with Gasteiger partial charge in [-0.05, 0) is 40.6 Å². The van der Waals surface area contributed by atoms with Gasteiger partial charge in [-0.15, -0.1) is 0 Å². The molecule has 1 atom stereocenters. The Balaban J connectivity index is 2.55. The molecule has 1 aromatic rings. The molecule has 3 heteroatoms. The van der Waals surface area contributed by atoms with Crippen molar-refractivity contribution in [3.8, 4) is 0 Å². The van der Waals surface area contributed by atoms with E-state index < -0.39 is 0 Å². The molecule has 1 amide bonds. The summed E-state index contributed by atoms with van der Waals surface area (Å²) in [7, 11) is 0. The molecule has 0 aliphatic carbocycles. The van der Waals surface area contributed by atoms with Crippen LogP contribution in [-0.4, -0.2) is 5.91 Å². The van der Waals surface area contributed by atoms with Gasteiger partial charge in [0, 0.05) is 9.99 Å². The summed E-state index contributed by atoms with van der Waals surface area (Å²) >= 11 is 2.22. The second-order valence-electron chi connectivity index (χ2n) is 3.75. The van der Waals surface area contributed by atoms with Crippen LogP contribution >= 0.6 is 22.6 Å². The highest BCUT2D eigenvalue weighted by atomic mass is 127. The summed E-state index contributed by atoms with van der Waals surface area (Å²) < 4.78 is 1.08. The molecule has 0 fully saturated rings. The maximum absolute atomic E-state index is 11.6. The van der Waals surface area contributed by atoms with Crippen LogP contribution in [0, 0.1) is 9.49 Å². The quantitative estimate of drug-likeness (QED) is 0.844. The Morgan fingerprint density at radius 3 is 2.73 bits per heavy atom. The number of carbonyl (C=O) groups excluding carboxylic acids is 1. The molecule has 1 unspecified atom stereocenters. The number of hydrogen-bond acceptors (Lipinski definition) is 1. The van der Waals surface area contributed by atoms with Crippen LogP contribution in [0.4, 0.5) is 5.69 Å². The molecular weight excluding hydrogens is 301 g/mol. The van der Waals surface area contributed by atoms with Gasteiger partial charge in [-0.25, -0.2) is 0 Å². The average Bonchev–Trinajstić information content (AvgIpc) is 2.21. The van der Waals surface area contributed by atoms with Crippen LogP contribution in [0.15, 0.2) is 24.3 Å². The van der Waals surface area contributed by atoms with E-state index in [4.69, 9.17) is 0 Å². The normalized spacial score (nSPS) is 12.2. The van der Waals surface area contributed by atoms with Gasteiger partial charge < -0.3 is 5.32 Å². The first-order valence-corrected chi connectivity index (χ1v) is 6.25. The van der Waals surface area contributed by atoms with E-state index >= 15 is 0 Å². The molecule has 0 spiro atoms. The molecule has 0 heterocycles. The summed E-state index contributed by atoms with van der Waals surface area (Å²) in [5.74, 6) is 0.555. The predicted molar refractivity (Wildman–Crippen MR) is 71.9 cm³/mol. The SMILES string of the molecule is CCC(C)CC(=O)Nc1ccccc1I. The van der Waals surface area contributed by atoms with Gasteiger partial charge >= 0.3 is 0 Å². The largest absolute Gasteiger partial charge is 0.325 e. The van der Waals surface area contributed by atoms with Crippen molar-refractivity contribution in [3.05, 3.63) is 27.8 Å². The second kappa shape index (κ2) is 6.10. The highest BCUT2D eigenvalue weighted by molar-refractivity contribution is 14.1. The van der Waals surface area contributed by atoms with Gasteiger partial charge in [-0.1, -0.05) is 32.4 Å². The van der Waals surface area contributed by atoms with E-state index in [1.807, 2.05) is 24.3 Å². The zero-order valence-corrected chi connectivity index (χ0v) is 11.2. The predicted octanol–water partition coefficient (Wildman–Crippen LogP) is 3.67. The number of amides is 1. The third-order valence-corrected chi connectivity index (χ3v) is 3.32. The summed E-state index contributed by atoms with van der Waals surface area (Å²) in [5.41, 5.74) is 0.909. The van der Waals surface area contributed by atoms with Gasteiger partial charge in [0.25, 0.3) is 0 Å². The van der Waals surface area contributed by atoms with E-state index in [1.54, 1.807) is 0 Å². The number of anilines is 1. The van der Waals surface area contributed by atoms with Crippen LogP contribution in [0.1, 0.15) is 26.7 Å². The van der Waals surface area contributed by atoms with Gasteiger partial charge in [-0.3, -0.25) is 4.79 Å². The van der Waals surface area contributed by atoms with E-state index in [9.17, 15) is 4.79 Å². The Hall–Kier alpha value is -0.580. The molecule has 0 saturated heterocycles. The summed E-state index contributed by atoms with van der Waals surface area (Å²) in [6.07, 6.45) is 1.64. The fraction of sp³-hybridized carbons (Fsp3) is 0.417. The lowest BCUT2D eigenvalue weighted by Crippen LogP contribution is -2.15. The Kier molecular flexibility index (Phi) is 5.08. The standard InChI is InChI=1S/C12H16INO/c1-3-9(2)8-12(15)14-11-7-5-4-6-10(11)13/h4-7,9H,3,8H2,1-2H3,(H,14,15). The number of benzene rings is 1. The monoisotopic (exact) mass is 317 g/mol. The van der Waals surface area contributed by atoms with Crippen LogP contribution in [0.25, 0.3) is 0 Å². The molecule has 0 radical (unpaired) electrons. The number of hydrogen-bond donors (Lipinski definition) is 1. The second-order valence-corrected chi connectivity index (χ2v) is 4.91. The number of nitrogens with one attached hydrogen (secondary N) is 1. The third kappa shape index (κ3) is 4.20. The minimum atomic E-state index is 0.105. The van der Waals surface area contributed by atoms with Gasteiger partial charge in [0.2, 0.25) is 5.91 Å². The zero-order chi connectivity index (χ0) is 11.3. The zero-order valence-electron chi connectivity index (χ0n) is 9.09. The first-order chi connectivity index (χ1) is 7.13. The Morgan fingerprint density at radius 1 is 1.47 bits per heavy atom. The lowest BCUT2D eigenvalue weighted by atomic mass is 10.1. The Bertz CT molecular complexity index is 338. The van der Waals surface area contributed by atoms with Crippen molar-refractivity contribution in [2.45, 2.75) is 26.7 Å². The fourth-order valence-corrected chi connectivity index (χ4v) is 1.75. The van der Waals surface area contributed by atoms with Crippen LogP contribution in [0.2, 0.25) is 0 Å². The number of para-hydroxylation sites is 1. The third-order valence-electron chi connectivity index (χ3n) is 2.38. The van der Waals surface area contributed by atoms with Crippen LogP contribution in [0.3, 0.4) is 0 Å². The highest BCUT2D eigenvalue weighted by Crippen LogP contribution is 2.18. The molecule has 1 rings (SSSR count). The van der Waals surface area contributed by atoms with E-state index in [0.717, 1.165) is 15.7 Å². The topological polar surface area (TPSA) is 29.1 Å². The van der Waals surface area contributed by atoms with Gasteiger partial charge in [0.15, 0.2) is 0 Å². The molecule has 15 heavy (non-hydrogen) atoms. The lowest BCUT2D eigenvalue weighted by molar-refractivity contribution is -0.117. The van der Waals surface area contributed by atoms with E-state index in [2.05, 4.69) is 41.8 Å². The molecule has 2 nitrogen and oxygen atoms in total. The van der Waals surface area contributed by atoms with Crippen molar-refractivity contribution < 1.29 is 4.79 Å². The first kappa shape index (κ1) is 12.5. The number of halogens is 1. The number of carbonyl (C=O) groups is 1. The molecule has 1 N–H and O–H groups in total. The van der Waals surface area contributed by atoms with Crippen molar-refractivity contribution in [3.63, 3.8) is 0 Å². The van der Waals surface area contributed by atoms with Crippen molar-refractivity contribution in [1.29, 1.82) is 0 Å². The number of rotatable bonds is 4. The summed E-state index contributed by atoms with van der Waals surface area (Å²) in [4.78, 5) is 11.6. The molecule has 1 aromatic carbocycles. The smallest absolute Gasteiger partial charge is 0.224 e. The Morgan fingerprint density at radius 2 is 2.13 bits per heavy atom. The van der Waals surface area contributed by atoms with Crippen molar-refractivity contribution in [2.24, 2.45) is 5.92 Å². The van der Waals surface area contributed by atoms with Crippen LogP contribution < -0.4 is 5.32 Å². The molecule has 0 aliphatic rings. The highest BCUT2D eigenvalue weighted by Gasteiger charge is 2.08. The van der Waals surface area contributed by atoms with Gasteiger partial charge in [0.1, 0.15) is 0 Å². The average molecular weight is 317 g/mol. The molecular formula is C12H16INO. The van der Waals surface area contributed by atoms with E-state index in [0.29, 0.717) is 12.3 Å². The Labute approximate surface area is 105 Å². The summed E-state index contributed by atoms with van der Waals surface area (Å²) in [6, 6.07) is 7.81. The van der Waals surface area contributed by atoms with Crippen molar-refractivity contribution >= 4 is 34.2 Å². The van der Waals surface area contributed by atoms with Crippen LogP contribution in [0.5, 0.6) is 0 Å². The van der Waals surface area contributed by atoms with Crippen molar-refractivity contribution in [2.75, 3.05) is 5.32 Å². The molecule has 0 bridgehead atoms. The summed E-state index contributed by atoms with van der Waals surface area (Å²) in [6.45, 7) is 4.19. The minimum absolute atomic E-state index is 0.105. The molecule has 0 aromatic heterocycles. The lowest BCUT2D eigenvalue weighted by Gasteiger charge is -2.10. The molecule has 0 aliphatic heterocycles. The van der Waals surface area contributed by atoms with E-state index in [1.165, 1.54) is 0 Å². The van der Waals surface area contributed by atoms with E-state index in [-0.39, 0.29) is 5.91 Å².